The van der Waals surface area contributed by atoms with E-state index in [0.29, 0.717) is 11.4 Å². The number of carbonyl (C=O) groups is 2. The number of carbonyl (C=O) groups excluding carboxylic acids is 2. The molecule has 2 aromatic carbocycles. The Balaban J connectivity index is 1.40. The predicted octanol–water partition coefficient (Wildman–Crippen LogP) is 3.85. The van der Waals surface area contributed by atoms with Crippen LogP contribution in [0.2, 0.25) is 0 Å². The first-order valence-electron chi connectivity index (χ1n) is 9.50. The van der Waals surface area contributed by atoms with Crippen molar-refractivity contribution in [1.82, 2.24) is 15.2 Å². The van der Waals surface area contributed by atoms with E-state index in [1.807, 2.05) is 30.3 Å². The van der Waals surface area contributed by atoms with Crippen LogP contribution in [0.25, 0.3) is 21.8 Å². The molecule has 0 spiro atoms. The second-order valence-corrected chi connectivity index (χ2v) is 6.66. The van der Waals surface area contributed by atoms with Gasteiger partial charge in [-0.2, -0.15) is 0 Å². The first-order chi connectivity index (χ1) is 14.2. The van der Waals surface area contributed by atoms with E-state index >= 15 is 0 Å². The number of furan rings is 1. The molecule has 4 rings (SSSR count). The van der Waals surface area contributed by atoms with Crippen molar-refractivity contribution in [3.05, 3.63) is 66.6 Å². The maximum atomic E-state index is 12.2. The molecule has 0 bridgehead atoms. The van der Waals surface area contributed by atoms with Crippen LogP contribution in [-0.2, 0) is 17.9 Å². The molecule has 0 radical (unpaired) electrons. The molecule has 7 nitrogen and oxygen atoms in total. The predicted molar refractivity (Wildman–Crippen MR) is 113 cm³/mol. The average Bonchev–Trinajstić information content (AvgIpc) is 3.36. The van der Waals surface area contributed by atoms with Crippen molar-refractivity contribution in [3.63, 3.8) is 0 Å². The molecule has 2 aromatic heterocycles. The van der Waals surface area contributed by atoms with E-state index in [4.69, 9.17) is 4.42 Å². The van der Waals surface area contributed by atoms with Crippen LogP contribution in [-0.4, -0.2) is 23.1 Å². The van der Waals surface area contributed by atoms with Gasteiger partial charge in [0.05, 0.1) is 19.4 Å². The Kier molecular flexibility index (Phi) is 5.20. The standard InChI is InChI=1S/C22H22N4O3/c1-2-26-19-8-4-3-7-17(19)18-12-15(9-10-20(18)26)25-21(27)14-24-22(28)23-13-16-6-5-11-29-16/h3-12H,2,13-14H2,1H3,(H,25,27)(H2,23,24,28). The highest BCUT2D eigenvalue weighted by atomic mass is 16.3. The molecule has 0 fully saturated rings. The summed E-state index contributed by atoms with van der Waals surface area (Å²) in [5.41, 5.74) is 2.99. The largest absolute Gasteiger partial charge is 0.467 e. The van der Waals surface area contributed by atoms with Gasteiger partial charge in [-0.3, -0.25) is 4.79 Å². The quantitative estimate of drug-likeness (QED) is 0.467. The van der Waals surface area contributed by atoms with E-state index in [1.54, 1.807) is 12.1 Å². The van der Waals surface area contributed by atoms with Crippen LogP contribution in [0.3, 0.4) is 0 Å². The minimum absolute atomic E-state index is 0.126. The Bertz CT molecular complexity index is 1160. The number of nitrogens with zero attached hydrogens (tertiary/aromatic N) is 1. The SMILES string of the molecule is CCn1c2ccccc2c2cc(NC(=O)CNC(=O)NCc3ccco3)ccc21. The van der Waals surface area contributed by atoms with E-state index in [2.05, 4.69) is 39.6 Å². The summed E-state index contributed by atoms with van der Waals surface area (Å²) >= 11 is 0. The Labute approximate surface area is 167 Å². The van der Waals surface area contributed by atoms with Crippen LogP contribution in [0, 0.1) is 0 Å². The van der Waals surface area contributed by atoms with Crippen LogP contribution in [0.1, 0.15) is 12.7 Å². The second kappa shape index (κ2) is 8.10. The van der Waals surface area contributed by atoms with Gasteiger partial charge in [0.15, 0.2) is 0 Å². The number of nitrogens with one attached hydrogen (secondary N) is 3. The van der Waals surface area contributed by atoms with E-state index in [9.17, 15) is 9.59 Å². The van der Waals surface area contributed by atoms with Crippen molar-refractivity contribution < 1.29 is 14.0 Å². The van der Waals surface area contributed by atoms with Gasteiger partial charge in [0.2, 0.25) is 5.91 Å². The fourth-order valence-corrected chi connectivity index (χ4v) is 3.48. The Morgan fingerprint density at radius 3 is 2.59 bits per heavy atom. The second-order valence-electron chi connectivity index (χ2n) is 6.66. The lowest BCUT2D eigenvalue weighted by molar-refractivity contribution is -0.115. The lowest BCUT2D eigenvalue weighted by Crippen LogP contribution is -2.39. The first-order valence-corrected chi connectivity index (χ1v) is 9.50. The molecule has 0 atom stereocenters. The smallest absolute Gasteiger partial charge is 0.315 e. The summed E-state index contributed by atoms with van der Waals surface area (Å²) in [7, 11) is 0. The van der Waals surface area contributed by atoms with Gasteiger partial charge in [0.1, 0.15) is 5.76 Å². The van der Waals surface area contributed by atoms with E-state index < -0.39 is 6.03 Å². The highest BCUT2D eigenvalue weighted by Gasteiger charge is 2.11. The molecular formula is C22H22N4O3. The molecule has 3 amide bonds. The topological polar surface area (TPSA) is 88.3 Å². The number of hydrogen-bond donors (Lipinski definition) is 3. The van der Waals surface area contributed by atoms with Crippen LogP contribution in [0.5, 0.6) is 0 Å². The van der Waals surface area contributed by atoms with Crippen molar-refractivity contribution in [2.75, 3.05) is 11.9 Å². The van der Waals surface area contributed by atoms with Crippen LogP contribution < -0.4 is 16.0 Å². The van der Waals surface area contributed by atoms with Crippen molar-refractivity contribution >= 4 is 39.4 Å². The number of hydrogen-bond acceptors (Lipinski definition) is 3. The summed E-state index contributed by atoms with van der Waals surface area (Å²) in [6.45, 7) is 3.12. The molecule has 0 aliphatic rings. The minimum atomic E-state index is -0.432. The highest BCUT2D eigenvalue weighted by molar-refractivity contribution is 6.10. The zero-order chi connectivity index (χ0) is 20.2. The summed E-state index contributed by atoms with van der Waals surface area (Å²) in [5.74, 6) is 0.348. The number of urea groups is 1. The number of aryl methyl sites for hydroxylation is 1. The number of para-hydroxylation sites is 1. The van der Waals surface area contributed by atoms with Crippen LogP contribution >= 0.6 is 0 Å². The lowest BCUT2D eigenvalue weighted by Gasteiger charge is -2.08. The van der Waals surface area contributed by atoms with Gasteiger partial charge in [0.25, 0.3) is 0 Å². The molecule has 0 unspecified atom stereocenters. The summed E-state index contributed by atoms with van der Waals surface area (Å²) in [5, 5.41) is 10.2. The molecule has 3 N–H and O–H groups in total. The number of fused-ring (bicyclic) bond motifs is 3. The highest BCUT2D eigenvalue weighted by Crippen LogP contribution is 2.30. The van der Waals surface area contributed by atoms with Gasteiger partial charge in [-0.1, -0.05) is 18.2 Å². The third-order valence-electron chi connectivity index (χ3n) is 4.79. The van der Waals surface area contributed by atoms with Gasteiger partial charge in [0, 0.05) is 34.0 Å². The van der Waals surface area contributed by atoms with E-state index in [-0.39, 0.29) is 19.0 Å². The molecule has 0 saturated carbocycles. The molecular weight excluding hydrogens is 368 g/mol. The molecule has 148 valence electrons. The molecule has 4 aromatic rings. The fourth-order valence-electron chi connectivity index (χ4n) is 3.48. The van der Waals surface area contributed by atoms with Crippen LogP contribution in [0.15, 0.2) is 65.3 Å². The van der Waals surface area contributed by atoms with Gasteiger partial charge in [-0.25, -0.2) is 4.79 Å². The molecule has 0 aliphatic carbocycles. The zero-order valence-electron chi connectivity index (χ0n) is 16.1. The van der Waals surface area contributed by atoms with Crippen LogP contribution in [0.4, 0.5) is 10.5 Å². The van der Waals surface area contributed by atoms with Crippen molar-refractivity contribution in [1.29, 1.82) is 0 Å². The van der Waals surface area contributed by atoms with Crippen molar-refractivity contribution in [2.45, 2.75) is 20.0 Å². The maximum absolute atomic E-state index is 12.2. The number of benzene rings is 2. The summed E-state index contributed by atoms with van der Waals surface area (Å²) in [6.07, 6.45) is 1.54. The normalized spacial score (nSPS) is 10.9. The van der Waals surface area contributed by atoms with E-state index in [0.717, 1.165) is 22.8 Å². The molecule has 7 heteroatoms. The Morgan fingerprint density at radius 1 is 0.966 bits per heavy atom. The van der Waals surface area contributed by atoms with Crippen molar-refractivity contribution in [2.24, 2.45) is 0 Å². The summed E-state index contributed by atoms with van der Waals surface area (Å²) in [4.78, 5) is 24.0. The minimum Gasteiger partial charge on any atom is -0.467 e. The van der Waals surface area contributed by atoms with Gasteiger partial charge in [-0.05, 0) is 43.3 Å². The Hall–Kier alpha value is -3.74. The number of rotatable bonds is 6. The molecule has 0 aliphatic heterocycles. The van der Waals surface area contributed by atoms with E-state index in [1.165, 1.54) is 11.8 Å². The van der Waals surface area contributed by atoms with Gasteiger partial charge >= 0.3 is 6.03 Å². The summed E-state index contributed by atoms with van der Waals surface area (Å²) in [6, 6.07) is 17.2. The monoisotopic (exact) mass is 390 g/mol. The third kappa shape index (κ3) is 3.94. The number of amides is 3. The van der Waals surface area contributed by atoms with Crippen molar-refractivity contribution in [3.8, 4) is 0 Å². The molecule has 29 heavy (non-hydrogen) atoms. The third-order valence-corrected chi connectivity index (χ3v) is 4.79. The summed E-state index contributed by atoms with van der Waals surface area (Å²) < 4.78 is 7.39. The molecule has 0 saturated heterocycles. The molecule has 2 heterocycles. The zero-order valence-corrected chi connectivity index (χ0v) is 16.1. The van der Waals surface area contributed by atoms with Gasteiger partial charge < -0.3 is 24.9 Å². The maximum Gasteiger partial charge on any atom is 0.315 e. The fraction of sp³-hybridized carbons (Fsp3) is 0.182. The number of anilines is 1. The number of aromatic nitrogens is 1. The average molecular weight is 390 g/mol. The lowest BCUT2D eigenvalue weighted by atomic mass is 10.1. The van der Waals surface area contributed by atoms with Gasteiger partial charge in [-0.15, -0.1) is 0 Å². The first kappa shape index (κ1) is 18.6. The Morgan fingerprint density at radius 2 is 1.79 bits per heavy atom.